The van der Waals surface area contributed by atoms with Gasteiger partial charge in [-0.1, -0.05) is 48.5 Å². The van der Waals surface area contributed by atoms with Crippen LogP contribution in [0.3, 0.4) is 0 Å². The molecule has 22 heavy (non-hydrogen) atoms. The Kier molecular flexibility index (Phi) is 6.94. The highest BCUT2D eigenvalue weighted by Gasteiger charge is 2.04. The molecule has 0 spiro atoms. The first kappa shape index (κ1) is 16.5. The van der Waals surface area contributed by atoms with Gasteiger partial charge >= 0.3 is 0 Å². The third kappa shape index (κ3) is 5.51. The van der Waals surface area contributed by atoms with Crippen LogP contribution in [0, 0.1) is 0 Å². The monoisotopic (exact) mass is 299 g/mol. The minimum atomic E-state index is 0.185. The molecule has 0 unspecified atom stereocenters. The predicted octanol–water partition coefficient (Wildman–Crippen LogP) is 2.77. The minimum Gasteiger partial charge on any atom is -0.492 e. The Bertz CT molecular complexity index is 542. The Morgan fingerprint density at radius 3 is 2.41 bits per heavy atom. The summed E-state index contributed by atoms with van der Waals surface area (Å²) in [4.78, 5) is 2.06. The van der Waals surface area contributed by atoms with Crippen LogP contribution in [0.4, 0.5) is 0 Å². The van der Waals surface area contributed by atoms with Crippen LogP contribution in [0.1, 0.15) is 11.1 Å². The highest BCUT2D eigenvalue weighted by molar-refractivity contribution is 5.34. The molecule has 2 aromatic rings. The van der Waals surface area contributed by atoms with Crippen molar-refractivity contribution in [2.24, 2.45) is 0 Å². The van der Waals surface area contributed by atoms with E-state index in [0.717, 1.165) is 25.1 Å². The molecule has 0 fully saturated rings. The van der Waals surface area contributed by atoms with Gasteiger partial charge in [0.2, 0.25) is 0 Å². The van der Waals surface area contributed by atoms with E-state index in [9.17, 15) is 0 Å². The second-order valence-corrected chi connectivity index (χ2v) is 5.47. The van der Waals surface area contributed by atoms with E-state index in [0.29, 0.717) is 13.2 Å². The number of aliphatic hydroxyl groups is 1. The molecule has 118 valence electrons. The van der Waals surface area contributed by atoms with E-state index in [1.165, 1.54) is 11.1 Å². The molecule has 2 aromatic carbocycles. The molecule has 0 aliphatic rings. The van der Waals surface area contributed by atoms with Gasteiger partial charge in [-0.3, -0.25) is 0 Å². The summed E-state index contributed by atoms with van der Waals surface area (Å²) >= 11 is 0. The quantitative estimate of drug-likeness (QED) is 0.773. The molecule has 0 saturated carbocycles. The Hall–Kier alpha value is -1.84. The van der Waals surface area contributed by atoms with Gasteiger partial charge in [-0.25, -0.2) is 0 Å². The summed E-state index contributed by atoms with van der Waals surface area (Å²) in [6, 6.07) is 18.8. The van der Waals surface area contributed by atoms with Crippen molar-refractivity contribution >= 4 is 0 Å². The Labute approximate surface area is 133 Å². The second-order valence-electron chi connectivity index (χ2n) is 5.47. The van der Waals surface area contributed by atoms with E-state index in [1.54, 1.807) is 0 Å². The van der Waals surface area contributed by atoms with Crippen molar-refractivity contribution in [2.75, 3.05) is 33.4 Å². The largest absolute Gasteiger partial charge is 0.492 e. The van der Waals surface area contributed by atoms with E-state index in [1.807, 2.05) is 25.2 Å². The number of ether oxygens (including phenoxy) is 1. The van der Waals surface area contributed by atoms with Crippen LogP contribution in [0.5, 0.6) is 5.75 Å². The molecule has 0 saturated heterocycles. The minimum absolute atomic E-state index is 0.185. The SMILES string of the molecule is CN(CCO)CCOc1ccccc1CCc1ccccc1. The zero-order chi connectivity index (χ0) is 15.6. The van der Waals surface area contributed by atoms with Gasteiger partial charge in [0.1, 0.15) is 12.4 Å². The zero-order valence-electron chi connectivity index (χ0n) is 13.2. The van der Waals surface area contributed by atoms with E-state index in [4.69, 9.17) is 9.84 Å². The topological polar surface area (TPSA) is 32.7 Å². The molecule has 3 heteroatoms. The number of rotatable bonds is 9. The summed E-state index contributed by atoms with van der Waals surface area (Å²) in [7, 11) is 1.99. The van der Waals surface area contributed by atoms with Crippen molar-refractivity contribution in [2.45, 2.75) is 12.8 Å². The van der Waals surface area contributed by atoms with E-state index >= 15 is 0 Å². The average molecular weight is 299 g/mol. The number of hydrogen-bond acceptors (Lipinski definition) is 3. The van der Waals surface area contributed by atoms with Gasteiger partial charge < -0.3 is 14.7 Å². The molecule has 0 atom stereocenters. The lowest BCUT2D eigenvalue weighted by molar-refractivity contribution is 0.192. The third-order valence-electron chi connectivity index (χ3n) is 3.71. The van der Waals surface area contributed by atoms with Crippen molar-refractivity contribution in [1.29, 1.82) is 0 Å². The number of para-hydroxylation sites is 1. The molecule has 0 amide bonds. The fraction of sp³-hybridized carbons (Fsp3) is 0.368. The summed E-state index contributed by atoms with van der Waals surface area (Å²) in [5, 5.41) is 8.89. The van der Waals surface area contributed by atoms with Gasteiger partial charge in [0, 0.05) is 13.1 Å². The predicted molar refractivity (Wildman–Crippen MR) is 90.4 cm³/mol. The zero-order valence-corrected chi connectivity index (χ0v) is 13.2. The summed E-state index contributed by atoms with van der Waals surface area (Å²) < 4.78 is 5.92. The highest BCUT2D eigenvalue weighted by Crippen LogP contribution is 2.20. The van der Waals surface area contributed by atoms with Crippen LogP contribution in [-0.2, 0) is 12.8 Å². The van der Waals surface area contributed by atoms with Crippen molar-refractivity contribution in [1.82, 2.24) is 4.90 Å². The van der Waals surface area contributed by atoms with Gasteiger partial charge in [0.05, 0.1) is 6.61 Å². The Morgan fingerprint density at radius 1 is 0.909 bits per heavy atom. The van der Waals surface area contributed by atoms with Crippen molar-refractivity contribution < 1.29 is 9.84 Å². The van der Waals surface area contributed by atoms with Crippen LogP contribution in [0.2, 0.25) is 0 Å². The number of hydrogen-bond donors (Lipinski definition) is 1. The molecule has 1 N–H and O–H groups in total. The summed E-state index contributed by atoms with van der Waals surface area (Å²) in [5.41, 5.74) is 2.59. The van der Waals surface area contributed by atoms with Gasteiger partial charge in [0.25, 0.3) is 0 Å². The lowest BCUT2D eigenvalue weighted by Gasteiger charge is -2.16. The molecule has 3 nitrogen and oxygen atoms in total. The normalized spacial score (nSPS) is 10.9. The summed E-state index contributed by atoms with van der Waals surface area (Å²) in [6.07, 6.45) is 2.00. The molecule has 0 aliphatic heterocycles. The van der Waals surface area contributed by atoms with Crippen LogP contribution in [-0.4, -0.2) is 43.4 Å². The molecule has 0 radical (unpaired) electrons. The first-order valence-electron chi connectivity index (χ1n) is 7.83. The number of aryl methyl sites for hydroxylation is 2. The Balaban J connectivity index is 1.86. The number of aliphatic hydroxyl groups excluding tert-OH is 1. The van der Waals surface area contributed by atoms with Gasteiger partial charge in [0.15, 0.2) is 0 Å². The maximum absolute atomic E-state index is 8.89. The first-order valence-corrected chi connectivity index (χ1v) is 7.83. The second kappa shape index (κ2) is 9.23. The average Bonchev–Trinajstić information content (AvgIpc) is 2.55. The van der Waals surface area contributed by atoms with Crippen molar-refractivity contribution in [3.05, 3.63) is 65.7 Å². The number of likely N-dealkylation sites (N-methyl/N-ethyl adjacent to an activating group) is 1. The summed E-state index contributed by atoms with van der Waals surface area (Å²) in [6.45, 7) is 2.32. The molecular formula is C19H25NO2. The Morgan fingerprint density at radius 2 is 1.64 bits per heavy atom. The van der Waals surface area contributed by atoms with Crippen molar-refractivity contribution in [3.8, 4) is 5.75 Å². The highest BCUT2D eigenvalue weighted by atomic mass is 16.5. The molecule has 0 aromatic heterocycles. The van der Waals surface area contributed by atoms with Crippen LogP contribution in [0.25, 0.3) is 0 Å². The van der Waals surface area contributed by atoms with Gasteiger partial charge in [-0.05, 0) is 37.1 Å². The third-order valence-corrected chi connectivity index (χ3v) is 3.71. The van der Waals surface area contributed by atoms with Crippen LogP contribution in [0.15, 0.2) is 54.6 Å². The lowest BCUT2D eigenvalue weighted by Crippen LogP contribution is -2.27. The smallest absolute Gasteiger partial charge is 0.122 e. The van der Waals surface area contributed by atoms with Gasteiger partial charge in [-0.15, -0.1) is 0 Å². The van der Waals surface area contributed by atoms with Crippen LogP contribution >= 0.6 is 0 Å². The molecule has 2 rings (SSSR count). The molecule has 0 bridgehead atoms. The maximum Gasteiger partial charge on any atom is 0.122 e. The fourth-order valence-electron chi connectivity index (χ4n) is 2.37. The maximum atomic E-state index is 8.89. The van der Waals surface area contributed by atoms with Crippen molar-refractivity contribution in [3.63, 3.8) is 0 Å². The first-order chi connectivity index (χ1) is 10.8. The molecular weight excluding hydrogens is 274 g/mol. The van der Waals surface area contributed by atoms with E-state index < -0.39 is 0 Å². The molecule has 0 heterocycles. The molecule has 0 aliphatic carbocycles. The van der Waals surface area contributed by atoms with Gasteiger partial charge in [-0.2, -0.15) is 0 Å². The van der Waals surface area contributed by atoms with Crippen LogP contribution < -0.4 is 4.74 Å². The number of nitrogens with zero attached hydrogens (tertiary/aromatic N) is 1. The summed E-state index contributed by atoms with van der Waals surface area (Å²) in [5.74, 6) is 0.968. The lowest BCUT2D eigenvalue weighted by atomic mass is 10.0. The number of benzene rings is 2. The standard InChI is InChI=1S/C19H25NO2/c1-20(13-15-21)14-16-22-19-10-6-5-9-18(19)12-11-17-7-3-2-4-8-17/h2-10,21H,11-16H2,1H3. The van der Waals surface area contributed by atoms with E-state index in [2.05, 4.69) is 41.3 Å². The fourth-order valence-corrected chi connectivity index (χ4v) is 2.37. The van der Waals surface area contributed by atoms with E-state index in [-0.39, 0.29) is 6.61 Å².